The summed E-state index contributed by atoms with van der Waals surface area (Å²) in [5.74, 6) is -0.610. The molecule has 0 atom stereocenters. The molecule has 2 aromatic carbocycles. The largest absolute Gasteiger partial charge is 0.468 e. The number of fused-ring (bicyclic) bond motifs is 1. The van der Waals surface area contributed by atoms with Crippen molar-refractivity contribution in [3.8, 4) is 0 Å². The molecular formula is C21H22N2O3S. The third-order valence-electron chi connectivity index (χ3n) is 4.37. The fraction of sp³-hybridized carbons (Fsp3) is 0.286. The number of methoxy groups -OCH3 is 1. The van der Waals surface area contributed by atoms with Crippen molar-refractivity contribution in [2.75, 3.05) is 7.11 Å². The van der Waals surface area contributed by atoms with Crippen molar-refractivity contribution < 1.29 is 14.3 Å². The first-order valence-electron chi connectivity index (χ1n) is 8.82. The maximum absolute atomic E-state index is 12.5. The molecule has 3 rings (SSSR count). The summed E-state index contributed by atoms with van der Waals surface area (Å²) < 4.78 is 7.55. The molecule has 0 aliphatic heterocycles. The van der Waals surface area contributed by atoms with Gasteiger partial charge in [-0.05, 0) is 36.6 Å². The van der Waals surface area contributed by atoms with E-state index in [-0.39, 0.29) is 24.8 Å². The molecule has 27 heavy (non-hydrogen) atoms. The van der Waals surface area contributed by atoms with E-state index in [1.165, 1.54) is 24.0 Å². The summed E-state index contributed by atoms with van der Waals surface area (Å²) >= 11 is 1.41. The monoisotopic (exact) mass is 382 g/mol. The maximum atomic E-state index is 12.5. The van der Waals surface area contributed by atoms with Gasteiger partial charge >= 0.3 is 5.97 Å². The predicted octanol–water partition coefficient (Wildman–Crippen LogP) is 3.42. The highest BCUT2D eigenvalue weighted by atomic mass is 32.1. The minimum Gasteiger partial charge on any atom is -0.468 e. The zero-order valence-corrected chi connectivity index (χ0v) is 16.5. The van der Waals surface area contributed by atoms with Crippen LogP contribution in [0.1, 0.15) is 23.6 Å². The van der Waals surface area contributed by atoms with Crippen molar-refractivity contribution in [1.29, 1.82) is 0 Å². The quantitative estimate of drug-likeness (QED) is 0.635. The van der Waals surface area contributed by atoms with E-state index in [1.807, 2.05) is 43.3 Å². The number of ether oxygens (including phenoxy) is 1. The normalized spacial score (nSPS) is 11.7. The first-order chi connectivity index (χ1) is 13.0. The van der Waals surface area contributed by atoms with Crippen molar-refractivity contribution in [3.63, 3.8) is 0 Å². The van der Waals surface area contributed by atoms with Gasteiger partial charge < -0.3 is 9.30 Å². The standard InChI is InChI=1S/C21H22N2O3S/c1-4-15-9-10-17-18(11-15)27-21(23(17)13-20(25)26-3)22-19(24)12-16-7-5-14(2)6-8-16/h5-11H,4,12-13H2,1-3H3. The maximum Gasteiger partial charge on any atom is 0.325 e. The van der Waals surface area contributed by atoms with Gasteiger partial charge in [0.1, 0.15) is 6.54 Å². The molecule has 0 aliphatic rings. The molecule has 0 N–H and O–H groups in total. The number of thiazole rings is 1. The van der Waals surface area contributed by atoms with E-state index in [2.05, 4.69) is 18.0 Å². The molecule has 0 spiro atoms. The van der Waals surface area contributed by atoms with Crippen molar-refractivity contribution in [1.82, 2.24) is 4.57 Å². The molecule has 1 heterocycles. The molecule has 6 heteroatoms. The fourth-order valence-corrected chi connectivity index (χ4v) is 3.91. The molecule has 0 fully saturated rings. The van der Waals surface area contributed by atoms with Crippen LogP contribution in [0.3, 0.4) is 0 Å². The highest BCUT2D eigenvalue weighted by Crippen LogP contribution is 2.20. The van der Waals surface area contributed by atoms with Gasteiger partial charge in [0.25, 0.3) is 5.91 Å². The van der Waals surface area contributed by atoms with Crippen molar-refractivity contribution >= 4 is 33.4 Å². The number of nitrogens with zero attached hydrogens (tertiary/aromatic N) is 2. The van der Waals surface area contributed by atoms with Crippen LogP contribution < -0.4 is 4.80 Å². The Morgan fingerprint density at radius 2 is 1.81 bits per heavy atom. The average Bonchev–Trinajstić information content (AvgIpc) is 2.99. The number of amides is 1. The van der Waals surface area contributed by atoms with Crippen LogP contribution in [0.5, 0.6) is 0 Å². The van der Waals surface area contributed by atoms with Crippen LogP contribution in [0.2, 0.25) is 0 Å². The number of hydrogen-bond donors (Lipinski definition) is 0. The third-order valence-corrected chi connectivity index (χ3v) is 5.41. The lowest BCUT2D eigenvalue weighted by molar-refractivity contribution is -0.141. The minimum atomic E-state index is -0.373. The summed E-state index contributed by atoms with van der Waals surface area (Å²) in [4.78, 5) is 29.1. The van der Waals surface area contributed by atoms with Gasteiger partial charge in [-0.2, -0.15) is 4.99 Å². The Kier molecular flexibility index (Phi) is 5.86. The van der Waals surface area contributed by atoms with Gasteiger partial charge in [0.05, 0.1) is 23.7 Å². The summed E-state index contributed by atoms with van der Waals surface area (Å²) in [6.07, 6.45) is 1.15. The number of hydrogen-bond acceptors (Lipinski definition) is 4. The van der Waals surface area contributed by atoms with Crippen LogP contribution in [-0.2, 0) is 33.7 Å². The Balaban J connectivity index is 2.00. The highest BCUT2D eigenvalue weighted by Gasteiger charge is 2.12. The SMILES string of the molecule is CCc1ccc2c(c1)sc(=NC(=O)Cc1ccc(C)cc1)n2CC(=O)OC. The molecule has 0 radical (unpaired) electrons. The Labute approximate surface area is 161 Å². The van der Waals surface area contributed by atoms with E-state index in [4.69, 9.17) is 4.74 Å². The average molecular weight is 382 g/mol. The number of benzene rings is 2. The van der Waals surface area contributed by atoms with Gasteiger partial charge in [0, 0.05) is 0 Å². The van der Waals surface area contributed by atoms with Crippen molar-refractivity contribution in [2.45, 2.75) is 33.2 Å². The number of aryl methyl sites for hydroxylation is 2. The van der Waals surface area contributed by atoms with Crippen LogP contribution in [-0.4, -0.2) is 23.6 Å². The second-order valence-electron chi connectivity index (χ2n) is 6.37. The zero-order valence-electron chi connectivity index (χ0n) is 15.7. The molecule has 0 unspecified atom stereocenters. The fourth-order valence-electron chi connectivity index (χ4n) is 2.80. The Hall–Kier alpha value is -2.73. The molecule has 1 aromatic heterocycles. The van der Waals surface area contributed by atoms with E-state index in [9.17, 15) is 9.59 Å². The number of aromatic nitrogens is 1. The topological polar surface area (TPSA) is 60.7 Å². The molecule has 0 bridgehead atoms. The third kappa shape index (κ3) is 4.52. The van der Waals surface area contributed by atoms with Crippen LogP contribution >= 0.6 is 11.3 Å². The number of esters is 1. The summed E-state index contributed by atoms with van der Waals surface area (Å²) in [5, 5.41) is 0. The molecule has 0 saturated heterocycles. The summed E-state index contributed by atoms with van der Waals surface area (Å²) in [6.45, 7) is 4.12. The predicted molar refractivity (Wildman–Crippen MR) is 107 cm³/mol. The number of carbonyl (C=O) groups excluding carboxylic acids is 2. The highest BCUT2D eigenvalue weighted by molar-refractivity contribution is 7.16. The molecule has 1 amide bonds. The Bertz CT molecular complexity index is 1050. The second-order valence-corrected chi connectivity index (χ2v) is 7.38. The Morgan fingerprint density at radius 1 is 1.11 bits per heavy atom. The van der Waals surface area contributed by atoms with Crippen molar-refractivity contribution in [2.24, 2.45) is 4.99 Å². The number of carbonyl (C=O) groups is 2. The van der Waals surface area contributed by atoms with Gasteiger partial charge in [-0.1, -0.05) is 54.2 Å². The lowest BCUT2D eigenvalue weighted by Crippen LogP contribution is -2.22. The summed E-state index contributed by atoms with van der Waals surface area (Å²) in [7, 11) is 1.35. The van der Waals surface area contributed by atoms with Crippen LogP contribution in [0.15, 0.2) is 47.5 Å². The smallest absolute Gasteiger partial charge is 0.325 e. The molecule has 0 saturated carbocycles. The summed E-state index contributed by atoms with van der Waals surface area (Å²) in [5.41, 5.74) is 4.15. The molecule has 0 aliphatic carbocycles. The minimum absolute atomic E-state index is 0.0264. The Morgan fingerprint density at radius 3 is 2.48 bits per heavy atom. The molecular weight excluding hydrogens is 360 g/mol. The zero-order chi connectivity index (χ0) is 19.4. The van der Waals surface area contributed by atoms with Gasteiger partial charge in [0.15, 0.2) is 4.80 Å². The van der Waals surface area contributed by atoms with Gasteiger partial charge in [-0.15, -0.1) is 0 Å². The first kappa shape index (κ1) is 19.0. The number of rotatable bonds is 5. The lowest BCUT2D eigenvalue weighted by Gasteiger charge is -2.04. The second kappa shape index (κ2) is 8.31. The lowest BCUT2D eigenvalue weighted by atomic mass is 10.1. The van der Waals surface area contributed by atoms with Gasteiger partial charge in [-0.3, -0.25) is 9.59 Å². The molecule has 3 aromatic rings. The van der Waals surface area contributed by atoms with E-state index in [1.54, 1.807) is 4.57 Å². The summed E-state index contributed by atoms with van der Waals surface area (Å²) in [6, 6.07) is 13.9. The van der Waals surface area contributed by atoms with E-state index >= 15 is 0 Å². The van der Waals surface area contributed by atoms with Gasteiger partial charge in [-0.25, -0.2) is 0 Å². The molecule has 140 valence electrons. The first-order valence-corrected chi connectivity index (χ1v) is 9.64. The van der Waals surface area contributed by atoms with Crippen LogP contribution in [0.4, 0.5) is 0 Å². The van der Waals surface area contributed by atoms with Gasteiger partial charge in [0.2, 0.25) is 0 Å². The van der Waals surface area contributed by atoms with E-state index in [0.717, 1.165) is 27.8 Å². The van der Waals surface area contributed by atoms with Crippen LogP contribution in [0.25, 0.3) is 10.2 Å². The van der Waals surface area contributed by atoms with Crippen LogP contribution in [0, 0.1) is 6.92 Å². The van der Waals surface area contributed by atoms with E-state index < -0.39 is 0 Å². The van der Waals surface area contributed by atoms with E-state index in [0.29, 0.717) is 4.80 Å². The van der Waals surface area contributed by atoms with Crippen molar-refractivity contribution in [3.05, 3.63) is 64.0 Å². The molecule has 5 nitrogen and oxygen atoms in total.